The molecule has 6 heteroatoms. The predicted molar refractivity (Wildman–Crippen MR) is 98.1 cm³/mol. The van der Waals surface area contributed by atoms with E-state index >= 15 is 0 Å². The van der Waals surface area contributed by atoms with Crippen molar-refractivity contribution in [1.29, 1.82) is 0 Å². The number of ether oxygens (including phenoxy) is 1. The number of aromatic amines is 1. The van der Waals surface area contributed by atoms with Crippen LogP contribution in [0.4, 0.5) is 0 Å². The van der Waals surface area contributed by atoms with Gasteiger partial charge in [0.25, 0.3) is 5.91 Å². The molecule has 5 nitrogen and oxygen atoms in total. The van der Waals surface area contributed by atoms with Gasteiger partial charge in [0, 0.05) is 29.1 Å². The van der Waals surface area contributed by atoms with Crippen molar-refractivity contribution >= 4 is 32.7 Å². The number of fused-ring (bicyclic) bond motifs is 1. The third-order valence-electron chi connectivity index (χ3n) is 3.94. The van der Waals surface area contributed by atoms with E-state index in [0.717, 1.165) is 33.2 Å². The molecule has 2 aromatic carbocycles. The molecule has 0 aliphatic rings. The number of aromatic nitrogens is 1. The average molecular weight is 388 g/mol. The summed E-state index contributed by atoms with van der Waals surface area (Å²) in [6.07, 6.45) is 1.91. The van der Waals surface area contributed by atoms with Crippen molar-refractivity contribution in [1.82, 2.24) is 10.3 Å². The van der Waals surface area contributed by atoms with E-state index in [2.05, 4.69) is 26.2 Å². The Balaban J connectivity index is 1.75. The number of carbonyl (C=O) groups excluding carboxylic acids is 1. The number of carbonyl (C=O) groups is 1. The molecule has 0 aliphatic heterocycles. The van der Waals surface area contributed by atoms with Gasteiger partial charge < -0.3 is 20.8 Å². The van der Waals surface area contributed by atoms with Gasteiger partial charge >= 0.3 is 0 Å². The number of benzene rings is 2. The smallest absolute Gasteiger partial charge is 0.250 e. The first-order chi connectivity index (χ1) is 11.6. The number of amides is 1. The van der Waals surface area contributed by atoms with Crippen molar-refractivity contribution in [3.63, 3.8) is 0 Å². The van der Waals surface area contributed by atoms with E-state index in [1.165, 1.54) is 5.56 Å². The minimum absolute atomic E-state index is 0.438. The summed E-state index contributed by atoms with van der Waals surface area (Å²) in [5.41, 5.74) is 8.95. The summed E-state index contributed by atoms with van der Waals surface area (Å²) < 4.78 is 6.09. The molecule has 0 spiro atoms. The van der Waals surface area contributed by atoms with E-state index in [4.69, 9.17) is 10.5 Å². The standard InChI is InChI=1S/C18H18BrN3O2/c1-24-13-4-2-11(3-5-13)8-21-9-12-10-22-17-14(18(20)23)6-7-15(19)16(12)17/h2-7,10,21-22H,8-9H2,1H3,(H2,20,23). The Bertz CT molecular complexity index is 872. The maximum atomic E-state index is 11.5. The second-order valence-electron chi connectivity index (χ2n) is 5.47. The molecular weight excluding hydrogens is 370 g/mol. The number of hydrogen-bond donors (Lipinski definition) is 3. The van der Waals surface area contributed by atoms with Gasteiger partial charge in [-0.1, -0.05) is 28.1 Å². The topological polar surface area (TPSA) is 80.1 Å². The number of halogens is 1. The zero-order chi connectivity index (χ0) is 17.1. The van der Waals surface area contributed by atoms with Gasteiger partial charge in [0.2, 0.25) is 0 Å². The third-order valence-corrected chi connectivity index (χ3v) is 4.60. The summed E-state index contributed by atoms with van der Waals surface area (Å²) in [5.74, 6) is 0.408. The van der Waals surface area contributed by atoms with Gasteiger partial charge in [-0.15, -0.1) is 0 Å². The van der Waals surface area contributed by atoms with Crippen molar-refractivity contribution in [2.24, 2.45) is 5.73 Å². The predicted octanol–water partition coefficient (Wildman–Crippen LogP) is 3.33. The largest absolute Gasteiger partial charge is 0.497 e. The molecule has 0 fully saturated rings. The normalized spacial score (nSPS) is 10.9. The fourth-order valence-electron chi connectivity index (χ4n) is 2.70. The first-order valence-corrected chi connectivity index (χ1v) is 8.31. The van der Waals surface area contributed by atoms with Crippen LogP contribution in [0.3, 0.4) is 0 Å². The number of primary amides is 1. The molecule has 0 saturated heterocycles. The Morgan fingerprint density at radius 3 is 2.62 bits per heavy atom. The summed E-state index contributed by atoms with van der Waals surface area (Å²) in [4.78, 5) is 14.7. The van der Waals surface area contributed by atoms with Crippen molar-refractivity contribution < 1.29 is 9.53 Å². The van der Waals surface area contributed by atoms with Crippen LogP contribution in [0.5, 0.6) is 5.75 Å². The van der Waals surface area contributed by atoms with Crippen LogP contribution >= 0.6 is 15.9 Å². The van der Waals surface area contributed by atoms with E-state index in [9.17, 15) is 4.79 Å². The van der Waals surface area contributed by atoms with Crippen LogP contribution < -0.4 is 15.8 Å². The molecule has 24 heavy (non-hydrogen) atoms. The monoisotopic (exact) mass is 387 g/mol. The van der Waals surface area contributed by atoms with Gasteiger partial charge in [-0.25, -0.2) is 0 Å². The first kappa shape index (κ1) is 16.5. The highest BCUT2D eigenvalue weighted by Crippen LogP contribution is 2.29. The molecule has 3 aromatic rings. The maximum Gasteiger partial charge on any atom is 0.250 e. The summed E-state index contributed by atoms with van der Waals surface area (Å²) in [6, 6.07) is 11.5. The molecule has 3 rings (SSSR count). The molecule has 124 valence electrons. The molecule has 4 N–H and O–H groups in total. The van der Waals surface area contributed by atoms with Gasteiger partial charge in [0.05, 0.1) is 18.2 Å². The Morgan fingerprint density at radius 1 is 1.21 bits per heavy atom. The summed E-state index contributed by atoms with van der Waals surface area (Å²) in [7, 11) is 1.66. The number of nitrogens with one attached hydrogen (secondary N) is 2. The number of H-pyrrole nitrogens is 1. The quantitative estimate of drug-likeness (QED) is 0.606. The minimum atomic E-state index is -0.438. The highest BCUT2D eigenvalue weighted by atomic mass is 79.9. The van der Waals surface area contributed by atoms with Gasteiger partial charge in [0.15, 0.2) is 0 Å². The van der Waals surface area contributed by atoms with E-state index in [-0.39, 0.29) is 0 Å². The molecule has 1 aromatic heterocycles. The number of methoxy groups -OCH3 is 1. The van der Waals surface area contributed by atoms with Crippen LogP contribution in [0, 0.1) is 0 Å². The first-order valence-electron chi connectivity index (χ1n) is 7.52. The van der Waals surface area contributed by atoms with Crippen LogP contribution in [-0.2, 0) is 13.1 Å². The Hall–Kier alpha value is -2.31. The van der Waals surface area contributed by atoms with Crippen LogP contribution in [0.15, 0.2) is 47.1 Å². The molecule has 0 bridgehead atoms. The van der Waals surface area contributed by atoms with Crippen molar-refractivity contribution in [2.45, 2.75) is 13.1 Å². The Kier molecular flexibility index (Phi) is 4.87. The lowest BCUT2D eigenvalue weighted by Crippen LogP contribution is -2.13. The third kappa shape index (κ3) is 3.29. The highest BCUT2D eigenvalue weighted by Gasteiger charge is 2.13. The van der Waals surface area contributed by atoms with Crippen LogP contribution in [0.2, 0.25) is 0 Å². The maximum absolute atomic E-state index is 11.5. The van der Waals surface area contributed by atoms with Crippen LogP contribution in [0.1, 0.15) is 21.5 Å². The second-order valence-corrected chi connectivity index (χ2v) is 6.33. The molecule has 0 atom stereocenters. The van der Waals surface area contributed by atoms with Crippen molar-refractivity contribution in [3.8, 4) is 5.75 Å². The second kappa shape index (κ2) is 7.07. The van der Waals surface area contributed by atoms with Gasteiger partial charge in [-0.2, -0.15) is 0 Å². The van der Waals surface area contributed by atoms with E-state index in [0.29, 0.717) is 12.1 Å². The molecule has 1 heterocycles. The summed E-state index contributed by atoms with van der Waals surface area (Å²) in [5, 5.41) is 4.39. The van der Waals surface area contributed by atoms with Crippen LogP contribution in [0.25, 0.3) is 10.9 Å². The van der Waals surface area contributed by atoms with Gasteiger partial charge in [-0.05, 0) is 35.4 Å². The fraction of sp³-hybridized carbons (Fsp3) is 0.167. The lowest BCUT2D eigenvalue weighted by molar-refractivity contribution is 0.100. The number of nitrogens with two attached hydrogens (primary N) is 1. The fourth-order valence-corrected chi connectivity index (χ4v) is 3.29. The zero-order valence-electron chi connectivity index (χ0n) is 13.2. The SMILES string of the molecule is COc1ccc(CNCc2c[nH]c3c(C(N)=O)ccc(Br)c23)cc1. The number of rotatable bonds is 6. The lowest BCUT2D eigenvalue weighted by atomic mass is 10.1. The molecule has 0 unspecified atom stereocenters. The Morgan fingerprint density at radius 2 is 1.96 bits per heavy atom. The molecule has 1 amide bonds. The number of hydrogen-bond acceptors (Lipinski definition) is 3. The highest BCUT2D eigenvalue weighted by molar-refractivity contribution is 9.10. The zero-order valence-corrected chi connectivity index (χ0v) is 14.8. The molecule has 0 saturated carbocycles. The van der Waals surface area contributed by atoms with Crippen molar-refractivity contribution in [2.75, 3.05) is 7.11 Å². The summed E-state index contributed by atoms with van der Waals surface area (Å²) >= 11 is 3.55. The lowest BCUT2D eigenvalue weighted by Gasteiger charge is -2.07. The average Bonchev–Trinajstić information content (AvgIpc) is 3.00. The van der Waals surface area contributed by atoms with E-state index < -0.39 is 5.91 Å². The summed E-state index contributed by atoms with van der Waals surface area (Å²) in [6.45, 7) is 1.41. The van der Waals surface area contributed by atoms with Gasteiger partial charge in [0.1, 0.15) is 5.75 Å². The van der Waals surface area contributed by atoms with Gasteiger partial charge in [-0.3, -0.25) is 4.79 Å². The minimum Gasteiger partial charge on any atom is -0.497 e. The molecular formula is C18H18BrN3O2. The Labute approximate surface area is 148 Å². The van der Waals surface area contributed by atoms with E-state index in [1.807, 2.05) is 36.5 Å². The molecule has 0 aliphatic carbocycles. The van der Waals surface area contributed by atoms with Crippen LogP contribution in [-0.4, -0.2) is 18.0 Å². The van der Waals surface area contributed by atoms with E-state index in [1.54, 1.807) is 13.2 Å². The van der Waals surface area contributed by atoms with Crippen molar-refractivity contribution in [3.05, 3.63) is 63.8 Å². The molecule has 0 radical (unpaired) electrons.